The van der Waals surface area contributed by atoms with Crippen molar-refractivity contribution in [3.8, 4) is 5.75 Å². The molecule has 3 nitrogen and oxygen atoms in total. The summed E-state index contributed by atoms with van der Waals surface area (Å²) in [7, 11) is 0. The summed E-state index contributed by atoms with van der Waals surface area (Å²) >= 11 is 0. The molecule has 0 aromatic heterocycles. The highest BCUT2D eigenvalue weighted by atomic mass is 16.5. The van der Waals surface area contributed by atoms with Crippen LogP contribution in [0.5, 0.6) is 5.75 Å². The maximum atomic E-state index is 5.72. The van der Waals surface area contributed by atoms with E-state index in [1.807, 2.05) is 31.2 Å². The van der Waals surface area contributed by atoms with Crippen molar-refractivity contribution in [2.45, 2.75) is 33.6 Å². The van der Waals surface area contributed by atoms with E-state index in [-0.39, 0.29) is 0 Å². The Morgan fingerprint density at radius 1 is 1.33 bits per heavy atom. The number of hydrogen-bond donors (Lipinski definition) is 0. The number of ether oxygens (including phenoxy) is 1. The van der Waals surface area contributed by atoms with E-state index in [1.54, 1.807) is 0 Å². The van der Waals surface area contributed by atoms with E-state index in [1.165, 1.54) is 0 Å². The Bertz CT molecular complexity index is 624. The average molecular weight is 282 g/mol. The van der Waals surface area contributed by atoms with Gasteiger partial charge in [0.05, 0.1) is 12.3 Å². The predicted molar refractivity (Wildman–Crippen MR) is 91.1 cm³/mol. The van der Waals surface area contributed by atoms with Crippen molar-refractivity contribution in [3.05, 3.63) is 41.5 Å². The van der Waals surface area contributed by atoms with E-state index < -0.39 is 0 Å². The van der Waals surface area contributed by atoms with Crippen molar-refractivity contribution in [3.63, 3.8) is 0 Å². The number of hydrogen-bond acceptors (Lipinski definition) is 3. The van der Waals surface area contributed by atoms with Gasteiger partial charge in [0.15, 0.2) is 0 Å². The maximum Gasteiger partial charge on any atom is 0.127 e. The molecule has 0 spiro atoms. The summed E-state index contributed by atoms with van der Waals surface area (Å²) < 4.78 is 5.72. The summed E-state index contributed by atoms with van der Waals surface area (Å²) in [6, 6.07) is 6.01. The van der Waals surface area contributed by atoms with Crippen LogP contribution in [0.1, 0.15) is 44.7 Å². The predicted octanol–water partition coefficient (Wildman–Crippen LogP) is 4.74. The molecule has 3 heteroatoms. The van der Waals surface area contributed by atoms with Gasteiger partial charge in [0, 0.05) is 17.7 Å². The molecule has 0 saturated heterocycles. The molecular weight excluding hydrogens is 260 g/mol. The molecule has 21 heavy (non-hydrogen) atoms. The fraction of sp³-hybridized carbons (Fsp3) is 0.333. The third-order valence-electron chi connectivity index (χ3n) is 3.53. The first kappa shape index (κ1) is 15.2. The molecule has 0 aliphatic carbocycles. The summed E-state index contributed by atoms with van der Waals surface area (Å²) in [5.41, 5.74) is 5.42. The molecule has 1 aromatic rings. The number of nitrogens with zero attached hydrogens (tertiary/aromatic N) is 2. The smallest absolute Gasteiger partial charge is 0.127 e. The standard InChI is InChI=1S/C18H22N2O/c1-5-14-9-8-10-18(21-7-3)16(14)11-13(4)17-12-15(6-2)19-20-17/h5,8-11H,1,6-7,12H2,2-4H3/b13-11+. The number of allylic oxidation sites excluding steroid dienone is 1. The molecule has 0 atom stereocenters. The molecule has 0 N–H and O–H groups in total. The molecule has 2 rings (SSSR count). The Labute approximate surface area is 126 Å². The van der Waals surface area contributed by atoms with Gasteiger partial charge in [-0.2, -0.15) is 10.2 Å². The second kappa shape index (κ2) is 7.02. The Morgan fingerprint density at radius 2 is 2.14 bits per heavy atom. The quantitative estimate of drug-likeness (QED) is 0.741. The first-order valence-corrected chi connectivity index (χ1v) is 7.38. The average Bonchev–Trinajstić information content (AvgIpc) is 2.98. The van der Waals surface area contributed by atoms with Crippen LogP contribution >= 0.6 is 0 Å². The Kier molecular flexibility index (Phi) is 5.09. The van der Waals surface area contributed by atoms with Gasteiger partial charge in [0.25, 0.3) is 0 Å². The molecule has 0 saturated carbocycles. The van der Waals surface area contributed by atoms with E-state index in [0.717, 1.165) is 46.7 Å². The van der Waals surface area contributed by atoms with Crippen LogP contribution in [0.25, 0.3) is 12.2 Å². The molecule has 0 unspecified atom stereocenters. The minimum atomic E-state index is 0.643. The minimum absolute atomic E-state index is 0.643. The second-order valence-corrected chi connectivity index (χ2v) is 4.97. The highest BCUT2D eigenvalue weighted by Crippen LogP contribution is 2.27. The summed E-state index contributed by atoms with van der Waals surface area (Å²) in [6.07, 6.45) is 5.77. The van der Waals surface area contributed by atoms with Crippen LogP contribution in [0.3, 0.4) is 0 Å². The van der Waals surface area contributed by atoms with E-state index in [2.05, 4.69) is 36.7 Å². The largest absolute Gasteiger partial charge is 0.493 e. The lowest BCUT2D eigenvalue weighted by Gasteiger charge is -2.11. The topological polar surface area (TPSA) is 34.0 Å². The SMILES string of the molecule is C=Cc1cccc(OCC)c1/C=C(\C)C1=NN=C(CC)C1. The summed E-state index contributed by atoms with van der Waals surface area (Å²) in [6.45, 7) is 10.7. The molecule has 0 fully saturated rings. The van der Waals surface area contributed by atoms with E-state index in [9.17, 15) is 0 Å². The summed E-state index contributed by atoms with van der Waals surface area (Å²) in [5, 5.41) is 8.50. The minimum Gasteiger partial charge on any atom is -0.493 e. The van der Waals surface area contributed by atoms with Crippen LogP contribution < -0.4 is 4.74 Å². The lowest BCUT2D eigenvalue weighted by atomic mass is 9.99. The van der Waals surface area contributed by atoms with E-state index in [4.69, 9.17) is 4.74 Å². The van der Waals surface area contributed by atoms with Crippen molar-refractivity contribution in [1.29, 1.82) is 0 Å². The number of benzene rings is 1. The lowest BCUT2D eigenvalue weighted by molar-refractivity contribution is 0.339. The zero-order chi connectivity index (χ0) is 15.2. The van der Waals surface area contributed by atoms with Gasteiger partial charge in [-0.3, -0.25) is 0 Å². The summed E-state index contributed by atoms with van der Waals surface area (Å²) in [4.78, 5) is 0. The fourth-order valence-electron chi connectivity index (χ4n) is 2.28. The van der Waals surface area contributed by atoms with E-state index >= 15 is 0 Å². The van der Waals surface area contributed by atoms with Crippen molar-refractivity contribution in [2.24, 2.45) is 10.2 Å². The third-order valence-corrected chi connectivity index (χ3v) is 3.53. The first-order chi connectivity index (χ1) is 10.2. The summed E-state index contributed by atoms with van der Waals surface area (Å²) in [5.74, 6) is 0.879. The maximum absolute atomic E-state index is 5.72. The van der Waals surface area contributed by atoms with Gasteiger partial charge in [0.1, 0.15) is 5.75 Å². The van der Waals surface area contributed by atoms with Crippen LogP contribution in [0.2, 0.25) is 0 Å². The van der Waals surface area contributed by atoms with Crippen LogP contribution in [-0.2, 0) is 0 Å². The lowest BCUT2D eigenvalue weighted by Crippen LogP contribution is -2.03. The van der Waals surface area contributed by atoms with Crippen molar-refractivity contribution >= 4 is 23.6 Å². The van der Waals surface area contributed by atoms with Crippen molar-refractivity contribution in [2.75, 3.05) is 6.61 Å². The Balaban J connectivity index is 2.33. The normalized spacial score (nSPS) is 14.7. The second-order valence-electron chi connectivity index (χ2n) is 4.97. The molecule has 1 heterocycles. The fourth-order valence-corrected chi connectivity index (χ4v) is 2.28. The number of rotatable bonds is 6. The van der Waals surface area contributed by atoms with Crippen molar-refractivity contribution < 1.29 is 4.74 Å². The zero-order valence-corrected chi connectivity index (χ0v) is 13.0. The van der Waals surface area contributed by atoms with Gasteiger partial charge in [0.2, 0.25) is 0 Å². The van der Waals surface area contributed by atoms with Crippen LogP contribution in [-0.4, -0.2) is 18.0 Å². The first-order valence-electron chi connectivity index (χ1n) is 7.38. The van der Waals surface area contributed by atoms with Gasteiger partial charge in [-0.05, 0) is 43.5 Å². The monoisotopic (exact) mass is 282 g/mol. The van der Waals surface area contributed by atoms with Crippen LogP contribution in [0, 0.1) is 0 Å². The molecule has 1 aliphatic heterocycles. The molecule has 0 amide bonds. The molecule has 0 bridgehead atoms. The van der Waals surface area contributed by atoms with Gasteiger partial charge < -0.3 is 4.74 Å². The van der Waals surface area contributed by atoms with E-state index in [0.29, 0.717) is 6.61 Å². The molecule has 1 aromatic carbocycles. The van der Waals surface area contributed by atoms with Gasteiger partial charge in [-0.25, -0.2) is 0 Å². The third kappa shape index (κ3) is 3.48. The van der Waals surface area contributed by atoms with Gasteiger partial charge >= 0.3 is 0 Å². The molecule has 0 radical (unpaired) electrons. The molecule has 1 aliphatic rings. The van der Waals surface area contributed by atoms with Crippen molar-refractivity contribution in [1.82, 2.24) is 0 Å². The van der Waals surface area contributed by atoms with Gasteiger partial charge in [-0.15, -0.1) is 0 Å². The van der Waals surface area contributed by atoms with Gasteiger partial charge in [-0.1, -0.05) is 31.7 Å². The highest BCUT2D eigenvalue weighted by Gasteiger charge is 2.14. The molecule has 110 valence electrons. The Morgan fingerprint density at radius 3 is 2.76 bits per heavy atom. The van der Waals surface area contributed by atoms with Crippen LogP contribution in [0.4, 0.5) is 0 Å². The Hall–Kier alpha value is -2.16. The van der Waals surface area contributed by atoms with Crippen LogP contribution in [0.15, 0.2) is 40.6 Å². The highest BCUT2D eigenvalue weighted by molar-refractivity contribution is 6.16. The molecular formula is C18H22N2O. The zero-order valence-electron chi connectivity index (χ0n) is 13.0.